The second kappa shape index (κ2) is 29.1. The molecule has 2 N–H and O–H groups in total. The maximum absolute atomic E-state index is 12.0. The zero-order chi connectivity index (χ0) is 23.5. The average molecular weight is 526 g/mol. The lowest BCUT2D eigenvalue weighted by Crippen LogP contribution is -2.34. The van der Waals surface area contributed by atoms with E-state index in [2.05, 4.69) is 30.6 Å². The summed E-state index contributed by atoms with van der Waals surface area (Å²) in [6.45, 7) is 6.28. The van der Waals surface area contributed by atoms with Crippen LogP contribution >= 0.6 is 17.0 Å². The molecular formula is C29H53BrN2O. The summed E-state index contributed by atoms with van der Waals surface area (Å²) >= 11 is 0. The molecule has 0 aliphatic carbocycles. The first-order valence-electron chi connectivity index (χ1n) is 13.7. The van der Waals surface area contributed by atoms with Gasteiger partial charge in [-0.1, -0.05) is 102 Å². The van der Waals surface area contributed by atoms with Gasteiger partial charge in [0.25, 0.3) is 0 Å². The maximum Gasteiger partial charge on any atom is 0.222 e. The molecule has 0 aromatic heterocycles. The first-order chi connectivity index (χ1) is 15.8. The summed E-state index contributed by atoms with van der Waals surface area (Å²) in [7, 11) is 0. The molecule has 3 nitrogen and oxygen atoms in total. The molecule has 0 bridgehead atoms. The molecule has 33 heavy (non-hydrogen) atoms. The SMILES string of the molecule is Br.CCCCCCCCCCCCC#CC#CCCCCCCCCC(=O)N(CC)CCN. The highest BCUT2D eigenvalue weighted by Gasteiger charge is 2.09. The summed E-state index contributed by atoms with van der Waals surface area (Å²) in [5.41, 5.74) is 5.54. The fourth-order valence-electron chi connectivity index (χ4n) is 3.88. The van der Waals surface area contributed by atoms with Gasteiger partial charge in [-0.2, -0.15) is 0 Å². The largest absolute Gasteiger partial charge is 0.342 e. The maximum atomic E-state index is 12.0. The first-order valence-corrected chi connectivity index (χ1v) is 13.7. The molecule has 0 rings (SSSR count). The van der Waals surface area contributed by atoms with Crippen molar-refractivity contribution in [3.05, 3.63) is 0 Å². The second-order valence-electron chi connectivity index (χ2n) is 8.92. The van der Waals surface area contributed by atoms with Crippen molar-refractivity contribution in [2.45, 2.75) is 136 Å². The predicted molar refractivity (Wildman–Crippen MR) is 151 cm³/mol. The lowest BCUT2D eigenvalue weighted by molar-refractivity contribution is -0.131. The topological polar surface area (TPSA) is 46.3 Å². The van der Waals surface area contributed by atoms with Gasteiger partial charge in [0.1, 0.15) is 0 Å². The fourth-order valence-corrected chi connectivity index (χ4v) is 3.88. The Bertz CT molecular complexity index is 541. The van der Waals surface area contributed by atoms with Crippen LogP contribution in [0, 0.1) is 23.7 Å². The van der Waals surface area contributed by atoms with Gasteiger partial charge < -0.3 is 10.6 Å². The molecular weight excluding hydrogens is 472 g/mol. The number of halogens is 1. The van der Waals surface area contributed by atoms with E-state index in [4.69, 9.17) is 5.73 Å². The molecule has 0 unspecified atom stereocenters. The molecule has 0 spiro atoms. The Morgan fingerprint density at radius 3 is 1.52 bits per heavy atom. The number of hydrogen-bond acceptors (Lipinski definition) is 2. The minimum atomic E-state index is 0. The molecule has 0 aliphatic rings. The van der Waals surface area contributed by atoms with Gasteiger partial charge in [0.05, 0.1) is 0 Å². The number of amides is 1. The molecule has 0 saturated heterocycles. The molecule has 4 heteroatoms. The normalized spacial score (nSPS) is 9.91. The first kappa shape index (κ1) is 34.2. The average Bonchev–Trinajstić information content (AvgIpc) is 2.80. The van der Waals surface area contributed by atoms with Crippen LogP contribution in [-0.2, 0) is 4.79 Å². The summed E-state index contributed by atoms with van der Waals surface area (Å²) < 4.78 is 0. The van der Waals surface area contributed by atoms with E-state index in [9.17, 15) is 4.79 Å². The summed E-state index contributed by atoms with van der Waals surface area (Å²) in [6.07, 6.45) is 23.3. The number of carbonyl (C=O) groups is 1. The highest BCUT2D eigenvalue weighted by molar-refractivity contribution is 8.93. The van der Waals surface area contributed by atoms with Gasteiger partial charge in [-0.15, -0.1) is 17.0 Å². The van der Waals surface area contributed by atoms with Crippen molar-refractivity contribution in [2.75, 3.05) is 19.6 Å². The van der Waals surface area contributed by atoms with E-state index in [-0.39, 0.29) is 22.9 Å². The van der Waals surface area contributed by atoms with Gasteiger partial charge in [0, 0.05) is 38.9 Å². The van der Waals surface area contributed by atoms with Crippen molar-refractivity contribution >= 4 is 22.9 Å². The van der Waals surface area contributed by atoms with Crippen LogP contribution in [0.3, 0.4) is 0 Å². The molecule has 0 aromatic carbocycles. The Morgan fingerprint density at radius 2 is 1.09 bits per heavy atom. The van der Waals surface area contributed by atoms with Crippen molar-refractivity contribution < 1.29 is 4.79 Å². The van der Waals surface area contributed by atoms with Gasteiger partial charge in [-0.3, -0.25) is 4.79 Å². The van der Waals surface area contributed by atoms with E-state index in [0.29, 0.717) is 19.5 Å². The van der Waals surface area contributed by atoms with Crippen molar-refractivity contribution in [1.82, 2.24) is 4.90 Å². The van der Waals surface area contributed by atoms with Crippen molar-refractivity contribution in [3.8, 4) is 23.7 Å². The van der Waals surface area contributed by atoms with E-state index in [1.165, 1.54) is 83.5 Å². The number of rotatable bonds is 21. The summed E-state index contributed by atoms with van der Waals surface area (Å²) in [4.78, 5) is 13.9. The van der Waals surface area contributed by atoms with Crippen molar-refractivity contribution in [3.63, 3.8) is 0 Å². The highest BCUT2D eigenvalue weighted by atomic mass is 79.9. The Labute approximate surface area is 217 Å². The van der Waals surface area contributed by atoms with Gasteiger partial charge in [-0.25, -0.2) is 0 Å². The van der Waals surface area contributed by atoms with Crippen LogP contribution in [0.1, 0.15) is 136 Å². The number of hydrogen-bond donors (Lipinski definition) is 1. The number of carbonyl (C=O) groups excluding carboxylic acids is 1. The lowest BCUT2D eigenvalue weighted by Gasteiger charge is -2.19. The summed E-state index contributed by atoms with van der Waals surface area (Å²) in [6, 6.07) is 0. The van der Waals surface area contributed by atoms with Gasteiger partial charge in [0.2, 0.25) is 5.91 Å². The quantitative estimate of drug-likeness (QED) is 0.123. The van der Waals surface area contributed by atoms with E-state index >= 15 is 0 Å². The molecule has 0 heterocycles. The second-order valence-corrected chi connectivity index (χ2v) is 8.92. The van der Waals surface area contributed by atoms with Crippen LogP contribution in [-0.4, -0.2) is 30.4 Å². The molecule has 0 aliphatic heterocycles. The lowest BCUT2D eigenvalue weighted by atomic mass is 10.1. The van der Waals surface area contributed by atoms with Crippen LogP contribution in [0.15, 0.2) is 0 Å². The Morgan fingerprint density at radius 1 is 0.667 bits per heavy atom. The summed E-state index contributed by atoms with van der Waals surface area (Å²) in [5, 5.41) is 0. The zero-order valence-electron chi connectivity index (χ0n) is 21.9. The molecule has 0 radical (unpaired) electrons. The molecule has 0 atom stereocenters. The minimum absolute atomic E-state index is 0. The number of nitrogens with two attached hydrogens (primary N) is 1. The molecule has 0 aromatic rings. The third-order valence-electron chi connectivity index (χ3n) is 5.97. The van der Waals surface area contributed by atoms with Gasteiger partial charge in [-0.05, 0) is 38.0 Å². The fraction of sp³-hybridized carbons (Fsp3) is 0.828. The summed E-state index contributed by atoms with van der Waals surface area (Å²) in [5.74, 6) is 12.7. The van der Waals surface area contributed by atoms with Crippen LogP contribution in [0.4, 0.5) is 0 Å². The van der Waals surface area contributed by atoms with E-state index in [1.54, 1.807) is 0 Å². The monoisotopic (exact) mass is 524 g/mol. The van der Waals surface area contributed by atoms with Crippen molar-refractivity contribution in [2.24, 2.45) is 5.73 Å². The standard InChI is InChI=1S/C29H52N2O.BrH/c1-3-5-6-7-8-9-10-11-12-13-14-15-16-17-18-19-20-21-22-23-24-25-26-29(32)31(4-2)28-27-30;/h3-14,19-28,30H2,1-2H3;1H. The number of likely N-dealkylation sites (N-methyl/N-ethyl adjacent to an activating group) is 1. The minimum Gasteiger partial charge on any atom is -0.342 e. The van der Waals surface area contributed by atoms with E-state index in [0.717, 1.165) is 38.6 Å². The smallest absolute Gasteiger partial charge is 0.222 e. The van der Waals surface area contributed by atoms with Crippen LogP contribution in [0.25, 0.3) is 0 Å². The molecule has 192 valence electrons. The van der Waals surface area contributed by atoms with Gasteiger partial charge >= 0.3 is 0 Å². The number of nitrogens with zero attached hydrogens (tertiary/aromatic N) is 1. The Kier molecular flexibility index (Phi) is 30.1. The highest BCUT2D eigenvalue weighted by Crippen LogP contribution is 2.11. The van der Waals surface area contributed by atoms with Gasteiger partial charge in [0.15, 0.2) is 0 Å². The Balaban J connectivity index is 0. The third kappa shape index (κ3) is 25.5. The van der Waals surface area contributed by atoms with Crippen LogP contribution in [0.5, 0.6) is 0 Å². The zero-order valence-corrected chi connectivity index (χ0v) is 23.6. The Hall–Kier alpha value is -0.970. The van der Waals surface area contributed by atoms with Crippen LogP contribution < -0.4 is 5.73 Å². The molecule has 0 fully saturated rings. The molecule has 0 saturated carbocycles. The van der Waals surface area contributed by atoms with Crippen molar-refractivity contribution in [1.29, 1.82) is 0 Å². The van der Waals surface area contributed by atoms with Crippen LogP contribution in [0.2, 0.25) is 0 Å². The number of unbranched alkanes of at least 4 members (excludes halogenated alkanes) is 16. The van der Waals surface area contributed by atoms with E-state index in [1.807, 2.05) is 11.8 Å². The third-order valence-corrected chi connectivity index (χ3v) is 5.97. The van der Waals surface area contributed by atoms with E-state index < -0.39 is 0 Å². The predicted octanol–water partition coefficient (Wildman–Crippen LogP) is 7.81. The molecule has 1 amide bonds.